The number of pyridine rings is 1. The van der Waals surface area contributed by atoms with Gasteiger partial charge in [0.15, 0.2) is 5.67 Å². The first-order valence-electron chi connectivity index (χ1n) is 12.6. The van der Waals surface area contributed by atoms with E-state index >= 15 is 4.39 Å². The molecule has 9 heteroatoms. The summed E-state index contributed by atoms with van der Waals surface area (Å²) in [6.45, 7) is 3.92. The summed E-state index contributed by atoms with van der Waals surface area (Å²) in [5.41, 5.74) is 2.85. The molecule has 0 amide bonds. The second-order valence-electron chi connectivity index (χ2n) is 9.74. The number of hydrogen-bond donors (Lipinski definition) is 2. The van der Waals surface area contributed by atoms with Crippen molar-refractivity contribution in [1.82, 2.24) is 20.2 Å². The zero-order valence-electron chi connectivity index (χ0n) is 20.9. The second kappa shape index (κ2) is 10.7. The predicted molar refractivity (Wildman–Crippen MR) is 134 cm³/mol. The van der Waals surface area contributed by atoms with Crippen molar-refractivity contribution >= 4 is 10.9 Å². The third-order valence-electron chi connectivity index (χ3n) is 7.11. The van der Waals surface area contributed by atoms with E-state index in [0.717, 1.165) is 23.2 Å². The number of para-hydroxylation sites is 1. The van der Waals surface area contributed by atoms with Crippen LogP contribution in [0.2, 0.25) is 0 Å². The van der Waals surface area contributed by atoms with Gasteiger partial charge in [0.1, 0.15) is 12.4 Å². The van der Waals surface area contributed by atoms with Crippen LogP contribution in [0.1, 0.15) is 36.2 Å². The molecular weight excluding hydrogens is 466 g/mol. The molecule has 0 unspecified atom stereocenters. The minimum atomic E-state index is -1.37. The molecule has 0 aliphatic carbocycles. The topological polar surface area (TPSA) is 71.6 Å². The van der Waals surface area contributed by atoms with Crippen LogP contribution in [0.5, 0.6) is 11.6 Å². The maximum absolute atomic E-state index is 15.4. The monoisotopic (exact) mass is 500 g/mol. The number of H-pyrrole nitrogens is 1. The fraction of sp³-hybridized carbons (Fsp3) is 0.519. The van der Waals surface area contributed by atoms with E-state index in [2.05, 4.69) is 39.2 Å². The van der Waals surface area contributed by atoms with E-state index in [4.69, 9.17) is 14.2 Å². The van der Waals surface area contributed by atoms with Crippen LogP contribution in [0.15, 0.2) is 36.5 Å². The number of methoxy groups -OCH3 is 1. The Morgan fingerprint density at radius 1 is 1.28 bits per heavy atom. The van der Waals surface area contributed by atoms with Crippen molar-refractivity contribution in [2.24, 2.45) is 0 Å². The summed E-state index contributed by atoms with van der Waals surface area (Å²) in [6.07, 6.45) is 3.08. The third-order valence-corrected chi connectivity index (χ3v) is 7.11. The highest BCUT2D eigenvalue weighted by Gasteiger charge is 2.46. The summed E-state index contributed by atoms with van der Waals surface area (Å²) in [4.78, 5) is 10.4. The molecule has 36 heavy (non-hydrogen) atoms. The van der Waals surface area contributed by atoms with Crippen molar-refractivity contribution in [1.29, 1.82) is 0 Å². The maximum atomic E-state index is 15.4. The highest BCUT2D eigenvalue weighted by atomic mass is 19.1. The maximum Gasteiger partial charge on any atom is 0.217 e. The van der Waals surface area contributed by atoms with Gasteiger partial charge in [0, 0.05) is 53.6 Å². The van der Waals surface area contributed by atoms with Crippen molar-refractivity contribution in [3.8, 4) is 11.6 Å². The van der Waals surface area contributed by atoms with Crippen LogP contribution >= 0.6 is 0 Å². The van der Waals surface area contributed by atoms with Crippen LogP contribution in [0.25, 0.3) is 10.9 Å². The minimum absolute atomic E-state index is 0.103. The number of alkyl halides is 2. The van der Waals surface area contributed by atoms with Crippen molar-refractivity contribution < 1.29 is 23.0 Å². The van der Waals surface area contributed by atoms with Gasteiger partial charge in [-0.15, -0.1) is 0 Å². The predicted octanol–water partition coefficient (Wildman–Crippen LogP) is 3.97. The van der Waals surface area contributed by atoms with Gasteiger partial charge in [-0.2, -0.15) is 0 Å². The molecule has 2 atom stereocenters. The summed E-state index contributed by atoms with van der Waals surface area (Å²) in [5, 5.41) is 4.33. The van der Waals surface area contributed by atoms with E-state index in [-0.39, 0.29) is 38.5 Å². The Balaban J connectivity index is 1.47. The molecule has 7 nitrogen and oxygen atoms in total. The van der Waals surface area contributed by atoms with Gasteiger partial charge in [-0.05, 0) is 37.9 Å². The number of aromatic amines is 1. The van der Waals surface area contributed by atoms with Crippen LogP contribution in [0.4, 0.5) is 8.78 Å². The molecule has 0 radical (unpaired) electrons. The molecule has 0 saturated carbocycles. The number of halogens is 2. The molecule has 1 aromatic carbocycles. The first-order chi connectivity index (χ1) is 17.5. The molecule has 194 valence electrons. The lowest BCUT2D eigenvalue weighted by Crippen LogP contribution is -2.57. The second-order valence-corrected chi connectivity index (χ2v) is 9.74. The molecule has 0 spiro atoms. The van der Waals surface area contributed by atoms with Crippen LogP contribution in [0, 0.1) is 0 Å². The summed E-state index contributed by atoms with van der Waals surface area (Å²) in [6, 6.07) is 9.90. The minimum Gasteiger partial charge on any atom is -0.496 e. The van der Waals surface area contributed by atoms with E-state index in [1.54, 1.807) is 19.4 Å². The summed E-state index contributed by atoms with van der Waals surface area (Å²) in [5.74, 6) is 1.08. The lowest BCUT2D eigenvalue weighted by molar-refractivity contribution is -0.147. The summed E-state index contributed by atoms with van der Waals surface area (Å²) in [7, 11) is 1.63. The van der Waals surface area contributed by atoms with E-state index in [1.165, 1.54) is 10.9 Å². The number of fused-ring (bicyclic) bond motifs is 3. The van der Waals surface area contributed by atoms with Crippen molar-refractivity contribution in [2.75, 3.05) is 53.2 Å². The van der Waals surface area contributed by atoms with Crippen LogP contribution in [-0.4, -0.2) is 79.8 Å². The molecule has 4 heterocycles. The fourth-order valence-electron chi connectivity index (χ4n) is 5.27. The van der Waals surface area contributed by atoms with E-state index in [1.807, 2.05) is 12.1 Å². The van der Waals surface area contributed by atoms with Gasteiger partial charge in [0.25, 0.3) is 0 Å². The van der Waals surface area contributed by atoms with Crippen molar-refractivity contribution in [2.45, 2.75) is 37.5 Å². The molecule has 1 fully saturated rings. The average Bonchev–Trinajstić information content (AvgIpc) is 3.23. The quantitative estimate of drug-likeness (QED) is 0.388. The third kappa shape index (κ3) is 4.92. The number of benzene rings is 1. The van der Waals surface area contributed by atoms with Gasteiger partial charge < -0.3 is 24.5 Å². The van der Waals surface area contributed by atoms with Gasteiger partial charge in [-0.3, -0.25) is 9.29 Å². The van der Waals surface area contributed by atoms with Gasteiger partial charge in [-0.25, -0.2) is 9.37 Å². The molecule has 0 bridgehead atoms. The number of aromatic nitrogens is 2. The van der Waals surface area contributed by atoms with Gasteiger partial charge in [0.05, 0.1) is 33.0 Å². The lowest BCUT2D eigenvalue weighted by atomic mass is 9.87. The van der Waals surface area contributed by atoms with Gasteiger partial charge in [0.2, 0.25) is 5.88 Å². The first-order valence-corrected chi connectivity index (χ1v) is 12.6. The average molecular weight is 501 g/mol. The molecule has 2 aromatic heterocycles. The Kier molecular flexibility index (Phi) is 7.41. The molecule has 3 aromatic rings. The van der Waals surface area contributed by atoms with Gasteiger partial charge >= 0.3 is 0 Å². The zero-order valence-corrected chi connectivity index (χ0v) is 20.9. The number of rotatable bonds is 11. The van der Waals surface area contributed by atoms with E-state index < -0.39 is 5.67 Å². The van der Waals surface area contributed by atoms with Crippen LogP contribution in [-0.2, 0) is 11.2 Å². The Labute approximate surface area is 210 Å². The largest absolute Gasteiger partial charge is 0.496 e. The zero-order chi connectivity index (χ0) is 25.1. The van der Waals surface area contributed by atoms with E-state index in [0.29, 0.717) is 37.7 Å². The van der Waals surface area contributed by atoms with Gasteiger partial charge in [-0.1, -0.05) is 18.2 Å². The molecule has 2 aliphatic rings. The highest BCUT2D eigenvalue weighted by Crippen LogP contribution is 2.45. The summed E-state index contributed by atoms with van der Waals surface area (Å²) >= 11 is 0. The molecule has 2 N–H and O–H groups in total. The highest BCUT2D eigenvalue weighted by molar-refractivity contribution is 5.85. The van der Waals surface area contributed by atoms with Crippen molar-refractivity contribution in [3.63, 3.8) is 0 Å². The Hall–Kier alpha value is -2.75. The first kappa shape index (κ1) is 24.9. The number of hydrogen-bond acceptors (Lipinski definition) is 6. The Bertz CT molecular complexity index is 1180. The number of nitrogens with one attached hydrogen (secondary N) is 2. The fourth-order valence-corrected chi connectivity index (χ4v) is 5.27. The normalized spacial score (nSPS) is 21.2. The van der Waals surface area contributed by atoms with E-state index in [9.17, 15) is 4.39 Å². The lowest BCUT2D eigenvalue weighted by Gasteiger charge is -2.46. The Morgan fingerprint density at radius 3 is 2.86 bits per heavy atom. The SMILES string of the molecule is COc1cc(OCCNCCCF)ncc1[C@@H]1c2[nH]c3ccccc3c2C[C@@H](C)N1CC1(F)COC1. The van der Waals surface area contributed by atoms with Crippen molar-refractivity contribution in [3.05, 3.63) is 53.3 Å². The smallest absolute Gasteiger partial charge is 0.217 e. The molecular formula is C27H34F2N4O3. The molecule has 5 rings (SSSR count). The number of ether oxygens (including phenoxy) is 3. The van der Waals surface area contributed by atoms with Crippen LogP contribution < -0.4 is 14.8 Å². The summed E-state index contributed by atoms with van der Waals surface area (Å²) < 4.78 is 44.4. The standard InChI is InChI=1S/C27H34F2N4O3/c1-18-12-20-19-6-3-4-7-22(19)32-25(20)26(33(18)15-27(29)16-35-17-27)21-14-31-24(13-23(21)34-2)36-11-10-30-9-5-8-28/h3-4,6-7,13-14,18,26,30,32H,5,8-12,15-17H2,1-2H3/t18-,26-/m1/s1. The van der Waals surface area contributed by atoms with Crippen LogP contribution in [0.3, 0.4) is 0 Å². The Morgan fingerprint density at radius 2 is 2.11 bits per heavy atom. The molecule has 2 aliphatic heterocycles. The molecule has 1 saturated heterocycles. The number of nitrogens with zero attached hydrogens (tertiary/aromatic N) is 2.